The van der Waals surface area contributed by atoms with Gasteiger partial charge in [-0.25, -0.2) is 0 Å². The minimum atomic E-state index is -0.544. The summed E-state index contributed by atoms with van der Waals surface area (Å²) in [6.45, 7) is 3.56. The van der Waals surface area contributed by atoms with Gasteiger partial charge in [0.2, 0.25) is 5.91 Å². The summed E-state index contributed by atoms with van der Waals surface area (Å²) >= 11 is 5.40. The van der Waals surface area contributed by atoms with E-state index in [1.54, 1.807) is 13.0 Å². The Morgan fingerprint density at radius 3 is 2.80 bits per heavy atom. The lowest BCUT2D eigenvalue weighted by Crippen LogP contribution is -2.13. The van der Waals surface area contributed by atoms with Gasteiger partial charge in [0.05, 0.1) is 6.10 Å². The molecule has 1 amide bonds. The van der Waals surface area contributed by atoms with E-state index in [0.29, 0.717) is 5.69 Å². The molecule has 0 unspecified atom stereocenters. The number of amides is 1. The van der Waals surface area contributed by atoms with Crippen molar-refractivity contribution in [3.05, 3.63) is 29.3 Å². The monoisotopic (exact) mass is 227 g/mol. The normalized spacial score (nSPS) is 12.3. The Morgan fingerprint density at radius 2 is 2.27 bits per heavy atom. The number of rotatable bonds is 3. The van der Waals surface area contributed by atoms with Gasteiger partial charge in [0.1, 0.15) is 5.88 Å². The van der Waals surface area contributed by atoms with Gasteiger partial charge in [-0.05, 0) is 31.0 Å². The van der Waals surface area contributed by atoms with E-state index in [1.165, 1.54) is 0 Å². The van der Waals surface area contributed by atoms with Crippen LogP contribution in [0, 0.1) is 6.92 Å². The zero-order valence-corrected chi connectivity index (χ0v) is 9.51. The van der Waals surface area contributed by atoms with Crippen LogP contribution in [-0.4, -0.2) is 16.9 Å². The molecule has 0 aliphatic rings. The van der Waals surface area contributed by atoms with Crippen molar-refractivity contribution in [3.8, 4) is 0 Å². The third kappa shape index (κ3) is 3.22. The van der Waals surface area contributed by atoms with E-state index in [-0.39, 0.29) is 11.8 Å². The minimum absolute atomic E-state index is 0.0711. The van der Waals surface area contributed by atoms with Crippen molar-refractivity contribution in [2.75, 3.05) is 11.2 Å². The van der Waals surface area contributed by atoms with Crippen LogP contribution < -0.4 is 5.32 Å². The topological polar surface area (TPSA) is 49.3 Å². The first-order valence-electron chi connectivity index (χ1n) is 4.69. The molecule has 0 heterocycles. The van der Waals surface area contributed by atoms with Crippen molar-refractivity contribution in [1.29, 1.82) is 0 Å². The van der Waals surface area contributed by atoms with Crippen molar-refractivity contribution in [2.24, 2.45) is 0 Å². The molecule has 0 bridgehead atoms. The molecular formula is C11H14ClNO2. The summed E-state index contributed by atoms with van der Waals surface area (Å²) in [6.07, 6.45) is -0.544. The van der Waals surface area contributed by atoms with Gasteiger partial charge < -0.3 is 10.4 Å². The summed E-state index contributed by atoms with van der Waals surface area (Å²) in [6, 6.07) is 5.44. The fraction of sp³-hybridized carbons (Fsp3) is 0.364. The quantitative estimate of drug-likeness (QED) is 0.778. The standard InChI is InChI=1S/C11H14ClNO2/c1-7-3-4-9(8(2)14)5-10(7)13-11(15)6-12/h3-5,8,14H,6H2,1-2H3,(H,13,15)/t8-/m0/s1. The molecule has 4 heteroatoms. The fourth-order valence-corrected chi connectivity index (χ4v) is 1.28. The molecule has 1 aromatic carbocycles. The van der Waals surface area contributed by atoms with Crippen LogP contribution in [0.25, 0.3) is 0 Å². The molecule has 0 radical (unpaired) electrons. The second kappa shape index (κ2) is 5.14. The summed E-state index contributed by atoms with van der Waals surface area (Å²) in [5, 5.41) is 12.1. The van der Waals surface area contributed by atoms with Gasteiger partial charge in [0, 0.05) is 5.69 Å². The molecule has 2 N–H and O–H groups in total. The predicted octanol–water partition coefficient (Wildman–Crippen LogP) is 2.23. The summed E-state index contributed by atoms with van der Waals surface area (Å²) in [5.74, 6) is -0.319. The van der Waals surface area contributed by atoms with E-state index < -0.39 is 6.10 Å². The number of hydrogen-bond donors (Lipinski definition) is 2. The summed E-state index contributed by atoms with van der Waals surface area (Å²) < 4.78 is 0. The molecule has 1 atom stereocenters. The van der Waals surface area contributed by atoms with Gasteiger partial charge in [0.25, 0.3) is 0 Å². The molecule has 0 fully saturated rings. The van der Waals surface area contributed by atoms with E-state index >= 15 is 0 Å². The second-order valence-corrected chi connectivity index (χ2v) is 3.70. The van der Waals surface area contributed by atoms with Crippen LogP contribution >= 0.6 is 11.6 Å². The van der Waals surface area contributed by atoms with E-state index in [4.69, 9.17) is 11.6 Å². The van der Waals surface area contributed by atoms with Crippen LogP contribution in [0.1, 0.15) is 24.2 Å². The maximum Gasteiger partial charge on any atom is 0.239 e. The van der Waals surface area contributed by atoms with Crippen LogP contribution in [-0.2, 0) is 4.79 Å². The average Bonchev–Trinajstić information content (AvgIpc) is 2.20. The lowest BCUT2D eigenvalue weighted by molar-refractivity contribution is -0.113. The van der Waals surface area contributed by atoms with Crippen molar-refractivity contribution >= 4 is 23.2 Å². The van der Waals surface area contributed by atoms with Crippen LogP contribution in [0.3, 0.4) is 0 Å². The zero-order valence-electron chi connectivity index (χ0n) is 8.75. The minimum Gasteiger partial charge on any atom is -0.389 e. The summed E-state index contributed by atoms with van der Waals surface area (Å²) in [5.41, 5.74) is 2.40. The van der Waals surface area contributed by atoms with E-state index in [0.717, 1.165) is 11.1 Å². The van der Waals surface area contributed by atoms with Crippen molar-refractivity contribution in [3.63, 3.8) is 0 Å². The molecule has 0 aliphatic heterocycles. The number of benzene rings is 1. The fourth-order valence-electron chi connectivity index (χ4n) is 1.22. The Hall–Kier alpha value is -1.06. The highest BCUT2D eigenvalue weighted by Crippen LogP contribution is 2.21. The predicted molar refractivity (Wildman–Crippen MR) is 61.2 cm³/mol. The summed E-state index contributed by atoms with van der Waals surface area (Å²) in [7, 11) is 0. The Bertz CT molecular complexity index is 364. The van der Waals surface area contributed by atoms with Crippen LogP contribution in [0.15, 0.2) is 18.2 Å². The highest BCUT2D eigenvalue weighted by Gasteiger charge is 2.06. The molecule has 1 rings (SSSR count). The van der Waals surface area contributed by atoms with Crippen LogP contribution in [0.4, 0.5) is 5.69 Å². The molecule has 0 spiro atoms. The average molecular weight is 228 g/mol. The number of hydrogen-bond acceptors (Lipinski definition) is 2. The molecule has 3 nitrogen and oxygen atoms in total. The molecule has 15 heavy (non-hydrogen) atoms. The first-order chi connectivity index (χ1) is 7.04. The Labute approximate surface area is 94.1 Å². The Kier molecular flexibility index (Phi) is 4.12. The highest BCUT2D eigenvalue weighted by molar-refractivity contribution is 6.29. The van der Waals surface area contributed by atoms with E-state index in [9.17, 15) is 9.90 Å². The van der Waals surface area contributed by atoms with Gasteiger partial charge in [-0.2, -0.15) is 0 Å². The van der Waals surface area contributed by atoms with Crippen molar-refractivity contribution < 1.29 is 9.90 Å². The largest absolute Gasteiger partial charge is 0.389 e. The number of aliphatic hydroxyl groups is 1. The molecule has 0 saturated heterocycles. The third-order valence-electron chi connectivity index (χ3n) is 2.14. The smallest absolute Gasteiger partial charge is 0.239 e. The van der Waals surface area contributed by atoms with E-state index in [1.807, 2.05) is 19.1 Å². The highest BCUT2D eigenvalue weighted by atomic mass is 35.5. The lowest BCUT2D eigenvalue weighted by atomic mass is 10.1. The van der Waals surface area contributed by atoms with Gasteiger partial charge in [-0.15, -0.1) is 11.6 Å². The van der Waals surface area contributed by atoms with Crippen LogP contribution in [0.2, 0.25) is 0 Å². The zero-order chi connectivity index (χ0) is 11.4. The van der Waals surface area contributed by atoms with E-state index in [2.05, 4.69) is 5.32 Å². The number of carbonyl (C=O) groups is 1. The number of aliphatic hydroxyl groups excluding tert-OH is 1. The lowest BCUT2D eigenvalue weighted by Gasteiger charge is -2.11. The third-order valence-corrected chi connectivity index (χ3v) is 2.38. The number of carbonyl (C=O) groups excluding carboxylic acids is 1. The second-order valence-electron chi connectivity index (χ2n) is 3.43. The molecule has 0 aromatic heterocycles. The first-order valence-corrected chi connectivity index (χ1v) is 5.22. The number of alkyl halides is 1. The number of aryl methyl sites for hydroxylation is 1. The number of nitrogens with one attached hydrogen (secondary N) is 1. The molecule has 1 aromatic rings. The van der Waals surface area contributed by atoms with Crippen LogP contribution in [0.5, 0.6) is 0 Å². The van der Waals surface area contributed by atoms with Crippen molar-refractivity contribution in [1.82, 2.24) is 0 Å². The van der Waals surface area contributed by atoms with Crippen molar-refractivity contribution in [2.45, 2.75) is 20.0 Å². The Morgan fingerprint density at radius 1 is 1.60 bits per heavy atom. The number of anilines is 1. The molecule has 0 saturated carbocycles. The van der Waals surface area contributed by atoms with Gasteiger partial charge in [-0.3, -0.25) is 4.79 Å². The number of halogens is 1. The maximum absolute atomic E-state index is 11.1. The first kappa shape index (κ1) is 12.0. The van der Waals surface area contributed by atoms with Gasteiger partial charge in [0.15, 0.2) is 0 Å². The summed E-state index contributed by atoms with van der Waals surface area (Å²) in [4.78, 5) is 11.1. The molecular weight excluding hydrogens is 214 g/mol. The van der Waals surface area contributed by atoms with Gasteiger partial charge >= 0.3 is 0 Å². The molecule has 0 aliphatic carbocycles. The molecule has 82 valence electrons. The van der Waals surface area contributed by atoms with Gasteiger partial charge in [-0.1, -0.05) is 12.1 Å². The Balaban J connectivity index is 2.95. The SMILES string of the molecule is Cc1ccc([C@H](C)O)cc1NC(=O)CCl. The maximum atomic E-state index is 11.1.